The highest BCUT2D eigenvalue weighted by Crippen LogP contribution is 2.27. The highest BCUT2D eigenvalue weighted by Gasteiger charge is 2.35. The molecular formula is C10H14ClN3OS. The van der Waals surface area contributed by atoms with E-state index < -0.39 is 0 Å². The average molecular weight is 260 g/mol. The molecular weight excluding hydrogens is 246 g/mol. The van der Waals surface area contributed by atoms with Gasteiger partial charge in [-0.1, -0.05) is 11.4 Å². The van der Waals surface area contributed by atoms with Crippen molar-refractivity contribution in [3.63, 3.8) is 0 Å². The molecule has 6 heteroatoms. The smallest absolute Gasteiger partial charge is 0.267 e. The molecule has 0 aliphatic carbocycles. The summed E-state index contributed by atoms with van der Waals surface area (Å²) in [5.41, 5.74) is 0.711. The van der Waals surface area contributed by atoms with E-state index in [1.807, 2.05) is 11.8 Å². The Balaban J connectivity index is 2.20. The Morgan fingerprint density at radius 2 is 2.44 bits per heavy atom. The molecule has 1 saturated heterocycles. The molecule has 0 aromatic carbocycles. The first-order valence-electron chi connectivity index (χ1n) is 5.31. The number of carbonyl (C=O) groups excluding carboxylic acids is 1. The molecule has 0 saturated carbocycles. The van der Waals surface area contributed by atoms with Gasteiger partial charge in [-0.2, -0.15) is 0 Å². The topological polar surface area (TPSA) is 46.1 Å². The lowest BCUT2D eigenvalue weighted by molar-refractivity contribution is 0.0741. The standard InChI is InChI=1S/C10H14ClN3OS/c1-6-3-4-14(8(6)5-11)10(15)9-7(2)12-13-16-9/h6,8H,3-5H2,1-2H3. The van der Waals surface area contributed by atoms with E-state index in [1.165, 1.54) is 0 Å². The van der Waals surface area contributed by atoms with Crippen LogP contribution in [0.15, 0.2) is 0 Å². The molecule has 16 heavy (non-hydrogen) atoms. The zero-order chi connectivity index (χ0) is 11.7. The van der Waals surface area contributed by atoms with E-state index in [2.05, 4.69) is 16.5 Å². The average Bonchev–Trinajstić information content (AvgIpc) is 2.83. The van der Waals surface area contributed by atoms with Crippen LogP contribution in [0, 0.1) is 12.8 Å². The van der Waals surface area contributed by atoms with Gasteiger partial charge in [0.25, 0.3) is 5.91 Å². The van der Waals surface area contributed by atoms with Crippen molar-refractivity contribution in [2.75, 3.05) is 12.4 Å². The van der Waals surface area contributed by atoms with Crippen molar-refractivity contribution < 1.29 is 4.79 Å². The van der Waals surface area contributed by atoms with E-state index >= 15 is 0 Å². The summed E-state index contributed by atoms with van der Waals surface area (Å²) in [6.07, 6.45) is 1.02. The number of rotatable bonds is 2. The maximum atomic E-state index is 12.2. The van der Waals surface area contributed by atoms with Gasteiger partial charge in [-0.15, -0.1) is 16.7 Å². The first-order valence-corrected chi connectivity index (χ1v) is 6.61. The molecule has 0 radical (unpaired) electrons. The van der Waals surface area contributed by atoms with Crippen LogP contribution in [0.2, 0.25) is 0 Å². The molecule has 4 nitrogen and oxygen atoms in total. The van der Waals surface area contributed by atoms with Gasteiger partial charge in [0.2, 0.25) is 0 Å². The van der Waals surface area contributed by atoms with Crippen molar-refractivity contribution in [1.82, 2.24) is 14.5 Å². The maximum absolute atomic E-state index is 12.2. The van der Waals surface area contributed by atoms with Crippen LogP contribution in [0.4, 0.5) is 0 Å². The lowest BCUT2D eigenvalue weighted by atomic mass is 10.1. The summed E-state index contributed by atoms with van der Waals surface area (Å²) in [6.45, 7) is 4.73. The van der Waals surface area contributed by atoms with E-state index in [-0.39, 0.29) is 11.9 Å². The van der Waals surface area contributed by atoms with Crippen molar-refractivity contribution in [2.24, 2.45) is 5.92 Å². The second-order valence-electron chi connectivity index (χ2n) is 4.17. The normalized spacial score (nSPS) is 25.1. The largest absolute Gasteiger partial charge is 0.333 e. The molecule has 88 valence electrons. The summed E-state index contributed by atoms with van der Waals surface area (Å²) >= 11 is 7.08. The summed E-state index contributed by atoms with van der Waals surface area (Å²) in [5.74, 6) is 1.00. The molecule has 0 N–H and O–H groups in total. The Morgan fingerprint density at radius 3 is 3.00 bits per heavy atom. The first-order chi connectivity index (χ1) is 7.65. The van der Waals surface area contributed by atoms with Crippen LogP contribution in [0.1, 0.15) is 28.7 Å². The van der Waals surface area contributed by atoms with Crippen LogP contribution in [-0.2, 0) is 0 Å². The maximum Gasteiger partial charge on any atom is 0.267 e. The highest BCUT2D eigenvalue weighted by atomic mass is 35.5. The number of halogens is 1. The number of carbonyl (C=O) groups is 1. The van der Waals surface area contributed by atoms with Gasteiger partial charge in [0, 0.05) is 18.5 Å². The highest BCUT2D eigenvalue weighted by molar-refractivity contribution is 7.07. The van der Waals surface area contributed by atoms with E-state index in [4.69, 9.17) is 11.6 Å². The third-order valence-corrected chi connectivity index (χ3v) is 4.28. The molecule has 1 fully saturated rings. The van der Waals surface area contributed by atoms with Crippen LogP contribution in [-0.4, -0.2) is 38.9 Å². The Hall–Kier alpha value is -0.680. The van der Waals surface area contributed by atoms with Crippen LogP contribution in [0.25, 0.3) is 0 Å². The molecule has 1 aliphatic heterocycles. The van der Waals surface area contributed by atoms with E-state index in [0.29, 0.717) is 22.4 Å². The van der Waals surface area contributed by atoms with Gasteiger partial charge in [-0.25, -0.2) is 0 Å². The number of amides is 1. The van der Waals surface area contributed by atoms with Crippen molar-refractivity contribution in [3.05, 3.63) is 10.6 Å². The Morgan fingerprint density at radius 1 is 1.69 bits per heavy atom. The number of aryl methyl sites for hydroxylation is 1. The third-order valence-electron chi connectivity index (χ3n) is 3.15. The number of nitrogens with zero attached hydrogens (tertiary/aromatic N) is 3. The fourth-order valence-electron chi connectivity index (χ4n) is 2.05. The number of aromatic nitrogens is 2. The first kappa shape index (κ1) is 11.8. The predicted molar refractivity (Wildman–Crippen MR) is 64.0 cm³/mol. The summed E-state index contributed by atoms with van der Waals surface area (Å²) in [5, 5.41) is 3.87. The van der Waals surface area contributed by atoms with E-state index in [1.54, 1.807) is 0 Å². The lowest BCUT2D eigenvalue weighted by Gasteiger charge is -2.24. The van der Waals surface area contributed by atoms with E-state index in [0.717, 1.165) is 24.5 Å². The van der Waals surface area contributed by atoms with Gasteiger partial charge in [-0.05, 0) is 30.8 Å². The quantitative estimate of drug-likeness (QED) is 0.763. The summed E-state index contributed by atoms with van der Waals surface area (Å²) < 4.78 is 3.80. The zero-order valence-electron chi connectivity index (χ0n) is 9.31. The van der Waals surface area contributed by atoms with Crippen LogP contribution in [0.5, 0.6) is 0 Å². The van der Waals surface area contributed by atoms with Crippen molar-refractivity contribution in [1.29, 1.82) is 0 Å². The van der Waals surface area contributed by atoms with Gasteiger partial charge in [-0.3, -0.25) is 4.79 Å². The van der Waals surface area contributed by atoms with E-state index in [9.17, 15) is 4.79 Å². The second kappa shape index (κ2) is 4.67. The minimum Gasteiger partial charge on any atom is -0.333 e. The Labute approximate surface area is 104 Å². The van der Waals surface area contributed by atoms with Crippen molar-refractivity contribution in [2.45, 2.75) is 26.3 Å². The molecule has 2 rings (SSSR count). The minimum atomic E-state index is 0.0301. The Kier molecular flexibility index (Phi) is 3.44. The van der Waals surface area contributed by atoms with Crippen LogP contribution < -0.4 is 0 Å². The fraction of sp³-hybridized carbons (Fsp3) is 0.700. The van der Waals surface area contributed by atoms with Crippen molar-refractivity contribution >= 4 is 29.0 Å². The summed E-state index contributed by atoms with van der Waals surface area (Å²) in [6, 6.07) is 0.149. The molecule has 2 atom stereocenters. The molecule has 1 amide bonds. The molecule has 2 unspecified atom stereocenters. The number of hydrogen-bond donors (Lipinski definition) is 0. The summed E-state index contributed by atoms with van der Waals surface area (Å²) in [7, 11) is 0. The third kappa shape index (κ3) is 1.94. The minimum absolute atomic E-state index is 0.0301. The van der Waals surface area contributed by atoms with Gasteiger partial charge in [0.1, 0.15) is 4.88 Å². The molecule has 0 spiro atoms. The van der Waals surface area contributed by atoms with Crippen LogP contribution in [0.3, 0.4) is 0 Å². The van der Waals surface area contributed by atoms with Gasteiger partial charge in [0.15, 0.2) is 0 Å². The molecule has 1 aliphatic rings. The van der Waals surface area contributed by atoms with Crippen LogP contribution >= 0.6 is 23.1 Å². The summed E-state index contributed by atoms with van der Waals surface area (Å²) in [4.78, 5) is 14.7. The van der Waals surface area contributed by atoms with Crippen molar-refractivity contribution in [3.8, 4) is 0 Å². The van der Waals surface area contributed by atoms with Gasteiger partial charge < -0.3 is 4.90 Å². The molecule has 0 bridgehead atoms. The van der Waals surface area contributed by atoms with Gasteiger partial charge >= 0.3 is 0 Å². The molecule has 1 aromatic heterocycles. The lowest BCUT2D eigenvalue weighted by Crippen LogP contribution is -2.38. The van der Waals surface area contributed by atoms with Gasteiger partial charge in [0.05, 0.1) is 5.69 Å². The monoisotopic (exact) mass is 259 g/mol. The number of likely N-dealkylation sites (tertiary alicyclic amines) is 1. The zero-order valence-corrected chi connectivity index (χ0v) is 10.9. The molecule has 1 aromatic rings. The fourth-order valence-corrected chi connectivity index (χ4v) is 3.14. The predicted octanol–water partition coefficient (Wildman–Crippen LogP) is 1.94. The number of alkyl halides is 1. The SMILES string of the molecule is Cc1nnsc1C(=O)N1CCC(C)C1CCl. The Bertz CT molecular complexity index is 395. The second-order valence-corrected chi connectivity index (χ2v) is 5.24. The molecule has 2 heterocycles. The number of hydrogen-bond acceptors (Lipinski definition) is 4.